The first-order valence-electron chi connectivity index (χ1n) is 5.68. The number of nitrogens with zero attached hydrogens (tertiary/aromatic N) is 1. The zero-order valence-electron chi connectivity index (χ0n) is 9.00. The van der Waals surface area contributed by atoms with Crippen LogP contribution in [-0.2, 0) is 6.54 Å². The van der Waals surface area contributed by atoms with Crippen LogP contribution in [0.4, 0.5) is 0 Å². The van der Waals surface area contributed by atoms with Crippen LogP contribution in [0, 0.1) is 6.92 Å². The lowest BCUT2D eigenvalue weighted by atomic mass is 9.95. The van der Waals surface area contributed by atoms with Gasteiger partial charge in [-0.15, -0.1) is 0 Å². The molecule has 2 nitrogen and oxygen atoms in total. The third kappa shape index (κ3) is 1.85. The fraction of sp³-hybridized carbons (Fsp3) is 0.667. The van der Waals surface area contributed by atoms with Crippen molar-refractivity contribution in [2.45, 2.75) is 51.6 Å². The van der Waals surface area contributed by atoms with E-state index >= 15 is 0 Å². The van der Waals surface area contributed by atoms with Gasteiger partial charge < -0.3 is 10.3 Å². The summed E-state index contributed by atoms with van der Waals surface area (Å²) in [7, 11) is 0. The number of hydrogen-bond donors (Lipinski definition) is 1. The van der Waals surface area contributed by atoms with E-state index in [4.69, 9.17) is 5.73 Å². The highest BCUT2D eigenvalue weighted by atomic mass is 15.0. The summed E-state index contributed by atoms with van der Waals surface area (Å²) in [5, 5.41) is 0. The average Bonchev–Trinajstić information content (AvgIpc) is 2.61. The molecule has 1 heterocycles. The quantitative estimate of drug-likeness (QED) is 0.767. The fourth-order valence-electron chi connectivity index (χ4n) is 2.52. The van der Waals surface area contributed by atoms with Crippen molar-refractivity contribution in [2.75, 3.05) is 0 Å². The van der Waals surface area contributed by atoms with Crippen molar-refractivity contribution in [2.24, 2.45) is 5.73 Å². The van der Waals surface area contributed by atoms with Crippen LogP contribution >= 0.6 is 0 Å². The van der Waals surface area contributed by atoms with Gasteiger partial charge in [0.25, 0.3) is 0 Å². The van der Waals surface area contributed by atoms with Crippen molar-refractivity contribution in [3.63, 3.8) is 0 Å². The van der Waals surface area contributed by atoms with Gasteiger partial charge in [-0.1, -0.05) is 19.3 Å². The van der Waals surface area contributed by atoms with E-state index in [-0.39, 0.29) is 0 Å². The van der Waals surface area contributed by atoms with Gasteiger partial charge in [-0.2, -0.15) is 0 Å². The Morgan fingerprint density at radius 3 is 2.64 bits per heavy atom. The van der Waals surface area contributed by atoms with Gasteiger partial charge in [0.05, 0.1) is 0 Å². The molecule has 0 unspecified atom stereocenters. The summed E-state index contributed by atoms with van der Waals surface area (Å²) < 4.78 is 2.43. The van der Waals surface area contributed by atoms with Gasteiger partial charge in [-0.25, -0.2) is 0 Å². The smallest absolute Gasteiger partial charge is 0.0333 e. The average molecular weight is 192 g/mol. The summed E-state index contributed by atoms with van der Waals surface area (Å²) in [6, 6.07) is 2.96. The van der Waals surface area contributed by atoms with Crippen LogP contribution in [0.3, 0.4) is 0 Å². The van der Waals surface area contributed by atoms with E-state index in [9.17, 15) is 0 Å². The number of rotatable bonds is 2. The Bertz CT molecular complexity index is 295. The van der Waals surface area contributed by atoms with Crippen LogP contribution in [0.15, 0.2) is 12.3 Å². The van der Waals surface area contributed by atoms with Crippen LogP contribution in [0.25, 0.3) is 0 Å². The molecule has 0 atom stereocenters. The molecule has 0 aromatic carbocycles. The molecule has 0 aliphatic heterocycles. The van der Waals surface area contributed by atoms with Gasteiger partial charge >= 0.3 is 0 Å². The molecule has 1 saturated carbocycles. The van der Waals surface area contributed by atoms with Crippen LogP contribution in [0.5, 0.6) is 0 Å². The topological polar surface area (TPSA) is 30.9 Å². The molecule has 1 aliphatic rings. The standard InChI is InChI=1S/C12H20N2/c1-10-7-11(8-13)9-14(10)12-5-3-2-4-6-12/h7,9,12H,2-6,8,13H2,1H3. The van der Waals surface area contributed by atoms with Crippen molar-refractivity contribution in [3.05, 3.63) is 23.5 Å². The number of aromatic nitrogens is 1. The highest BCUT2D eigenvalue weighted by Crippen LogP contribution is 2.29. The maximum Gasteiger partial charge on any atom is 0.0333 e. The maximum absolute atomic E-state index is 5.65. The first-order chi connectivity index (χ1) is 6.81. The maximum atomic E-state index is 5.65. The lowest BCUT2D eigenvalue weighted by Gasteiger charge is -2.24. The van der Waals surface area contributed by atoms with Gasteiger partial charge in [0.15, 0.2) is 0 Å². The molecule has 2 rings (SSSR count). The highest BCUT2D eigenvalue weighted by molar-refractivity contribution is 5.18. The zero-order valence-corrected chi connectivity index (χ0v) is 9.00. The molecule has 1 aromatic heterocycles. The molecule has 1 fully saturated rings. The molecule has 1 aromatic rings. The highest BCUT2D eigenvalue weighted by Gasteiger charge is 2.16. The molecule has 0 bridgehead atoms. The molecule has 0 spiro atoms. The van der Waals surface area contributed by atoms with Crippen molar-refractivity contribution < 1.29 is 0 Å². The second kappa shape index (κ2) is 4.18. The Kier molecular flexibility index (Phi) is 2.92. The number of aryl methyl sites for hydroxylation is 1. The van der Waals surface area contributed by atoms with Gasteiger partial charge in [0.1, 0.15) is 0 Å². The molecule has 0 amide bonds. The summed E-state index contributed by atoms with van der Waals surface area (Å²) in [5.41, 5.74) is 8.29. The van der Waals surface area contributed by atoms with Gasteiger partial charge in [-0.05, 0) is 31.4 Å². The van der Waals surface area contributed by atoms with E-state index in [1.165, 1.54) is 43.4 Å². The Morgan fingerprint density at radius 1 is 1.36 bits per heavy atom. The monoisotopic (exact) mass is 192 g/mol. The van der Waals surface area contributed by atoms with E-state index in [0.717, 1.165) is 6.04 Å². The predicted octanol–water partition coefficient (Wildman–Crippen LogP) is 2.76. The molecule has 1 aliphatic carbocycles. The molecule has 0 radical (unpaired) electrons. The van der Waals surface area contributed by atoms with Crippen molar-refractivity contribution in [3.8, 4) is 0 Å². The van der Waals surface area contributed by atoms with E-state index in [2.05, 4.69) is 23.8 Å². The largest absolute Gasteiger partial charge is 0.348 e. The molecule has 2 heteroatoms. The number of hydrogen-bond acceptors (Lipinski definition) is 1. The van der Waals surface area contributed by atoms with Crippen molar-refractivity contribution in [1.29, 1.82) is 0 Å². The molecular formula is C12H20N2. The first-order valence-corrected chi connectivity index (χ1v) is 5.68. The van der Waals surface area contributed by atoms with Gasteiger partial charge in [-0.3, -0.25) is 0 Å². The Labute approximate surface area is 86.1 Å². The first kappa shape index (κ1) is 9.78. The van der Waals surface area contributed by atoms with Crippen LogP contribution < -0.4 is 5.73 Å². The Balaban J connectivity index is 2.17. The van der Waals surface area contributed by atoms with Crippen LogP contribution in [0.1, 0.15) is 49.4 Å². The minimum atomic E-state index is 0.667. The summed E-state index contributed by atoms with van der Waals surface area (Å²) in [6.07, 6.45) is 9.13. The van der Waals surface area contributed by atoms with E-state index in [1.807, 2.05) is 0 Å². The SMILES string of the molecule is Cc1cc(CN)cn1C1CCCCC1. The second-order valence-corrected chi connectivity index (χ2v) is 4.39. The molecular weight excluding hydrogens is 172 g/mol. The normalized spacial score (nSPS) is 18.7. The van der Waals surface area contributed by atoms with Crippen LogP contribution in [-0.4, -0.2) is 4.57 Å². The Morgan fingerprint density at radius 2 is 2.07 bits per heavy atom. The third-order valence-electron chi connectivity index (χ3n) is 3.31. The van der Waals surface area contributed by atoms with Crippen LogP contribution in [0.2, 0.25) is 0 Å². The lowest BCUT2D eigenvalue weighted by molar-refractivity contribution is 0.350. The Hall–Kier alpha value is -0.760. The predicted molar refractivity (Wildman–Crippen MR) is 59.2 cm³/mol. The minimum Gasteiger partial charge on any atom is -0.348 e. The molecule has 2 N–H and O–H groups in total. The fourth-order valence-corrected chi connectivity index (χ4v) is 2.52. The summed E-state index contributed by atoms with van der Waals surface area (Å²) in [6.45, 7) is 2.86. The number of nitrogens with two attached hydrogens (primary N) is 1. The molecule has 14 heavy (non-hydrogen) atoms. The van der Waals surface area contributed by atoms with Crippen molar-refractivity contribution in [1.82, 2.24) is 4.57 Å². The minimum absolute atomic E-state index is 0.667. The van der Waals surface area contributed by atoms with E-state index in [1.54, 1.807) is 0 Å². The lowest BCUT2D eigenvalue weighted by Crippen LogP contribution is -2.12. The second-order valence-electron chi connectivity index (χ2n) is 4.39. The van der Waals surface area contributed by atoms with E-state index in [0.29, 0.717) is 6.54 Å². The molecule has 0 saturated heterocycles. The molecule has 78 valence electrons. The third-order valence-corrected chi connectivity index (χ3v) is 3.31. The van der Waals surface area contributed by atoms with E-state index < -0.39 is 0 Å². The summed E-state index contributed by atoms with van der Waals surface area (Å²) in [4.78, 5) is 0. The summed E-state index contributed by atoms with van der Waals surface area (Å²) in [5.74, 6) is 0. The van der Waals surface area contributed by atoms with Gasteiger partial charge in [0.2, 0.25) is 0 Å². The summed E-state index contributed by atoms with van der Waals surface area (Å²) >= 11 is 0. The van der Waals surface area contributed by atoms with Crippen molar-refractivity contribution >= 4 is 0 Å². The van der Waals surface area contributed by atoms with Gasteiger partial charge in [0, 0.05) is 24.5 Å². The zero-order chi connectivity index (χ0) is 9.97.